The third-order valence-electron chi connectivity index (χ3n) is 5.30. The number of rotatable bonds is 6. The van der Waals surface area contributed by atoms with Crippen molar-refractivity contribution >= 4 is 11.2 Å². The van der Waals surface area contributed by atoms with Crippen molar-refractivity contribution < 1.29 is 4.42 Å². The molecule has 29 heavy (non-hydrogen) atoms. The van der Waals surface area contributed by atoms with Crippen molar-refractivity contribution in [2.24, 2.45) is 7.05 Å². The van der Waals surface area contributed by atoms with E-state index in [9.17, 15) is 9.59 Å². The summed E-state index contributed by atoms with van der Waals surface area (Å²) >= 11 is 0. The molecule has 9 heteroatoms. The summed E-state index contributed by atoms with van der Waals surface area (Å²) in [6.07, 6.45) is 6.16. The van der Waals surface area contributed by atoms with E-state index in [-0.39, 0.29) is 18.0 Å². The van der Waals surface area contributed by atoms with Crippen LogP contribution in [-0.2, 0) is 26.6 Å². The number of nitrogens with zero attached hydrogens (tertiary/aromatic N) is 6. The maximum atomic E-state index is 12.6. The van der Waals surface area contributed by atoms with E-state index < -0.39 is 5.76 Å². The average molecular weight is 392 g/mol. The molecular formula is C20H20N6O3. The van der Waals surface area contributed by atoms with E-state index >= 15 is 0 Å². The molecule has 9 nitrogen and oxygen atoms in total. The molecule has 0 aliphatic heterocycles. The molecule has 5 rings (SSSR count). The number of fused-ring (bicyclic) bond motifs is 1. The van der Waals surface area contributed by atoms with Crippen molar-refractivity contribution in [3.63, 3.8) is 0 Å². The molecule has 0 amide bonds. The van der Waals surface area contributed by atoms with Crippen molar-refractivity contribution in [3.05, 3.63) is 74.8 Å². The molecule has 148 valence electrons. The van der Waals surface area contributed by atoms with E-state index in [1.54, 1.807) is 11.6 Å². The maximum absolute atomic E-state index is 12.6. The summed E-state index contributed by atoms with van der Waals surface area (Å²) in [5.41, 5.74) is 3.05. The molecule has 0 bridgehead atoms. The lowest BCUT2D eigenvalue weighted by molar-refractivity contribution is 0.434. The molecule has 3 heterocycles. The first-order valence-corrected chi connectivity index (χ1v) is 9.60. The van der Waals surface area contributed by atoms with Gasteiger partial charge in [-0.2, -0.15) is 4.68 Å². The predicted octanol–water partition coefficient (Wildman–Crippen LogP) is 1.45. The van der Waals surface area contributed by atoms with E-state index in [0.29, 0.717) is 24.1 Å². The largest absolute Gasteiger partial charge is 0.437 e. The zero-order valence-electron chi connectivity index (χ0n) is 16.0. The van der Waals surface area contributed by atoms with Crippen molar-refractivity contribution in [1.29, 1.82) is 0 Å². The monoisotopic (exact) mass is 392 g/mol. The molecular weight excluding hydrogens is 372 g/mol. The van der Waals surface area contributed by atoms with Crippen LogP contribution in [0.15, 0.2) is 50.9 Å². The van der Waals surface area contributed by atoms with Gasteiger partial charge in [-0.1, -0.05) is 24.3 Å². The number of hydrogen-bond acceptors (Lipinski definition) is 6. The summed E-state index contributed by atoms with van der Waals surface area (Å²) in [4.78, 5) is 33.0. The Kier molecular flexibility index (Phi) is 4.15. The molecule has 0 radical (unpaired) electrons. The SMILES string of the molecule is Cn1cnc2ncn(Cc3nn(CCc4ccc(C5CC5)cc4)c(=O)o3)c(=O)c21. The first kappa shape index (κ1) is 17.6. The van der Waals surface area contributed by atoms with Gasteiger partial charge in [0.2, 0.25) is 5.89 Å². The molecule has 0 unspecified atom stereocenters. The number of aromatic nitrogens is 6. The van der Waals surface area contributed by atoms with E-state index in [2.05, 4.69) is 39.3 Å². The molecule has 4 aromatic rings. The van der Waals surface area contributed by atoms with Crippen molar-refractivity contribution in [1.82, 2.24) is 28.9 Å². The van der Waals surface area contributed by atoms with Crippen LogP contribution in [0.2, 0.25) is 0 Å². The Labute approximate surface area is 165 Å². The number of aryl methyl sites for hydroxylation is 3. The maximum Gasteiger partial charge on any atom is 0.437 e. The molecule has 1 aliphatic carbocycles. The quantitative estimate of drug-likeness (QED) is 0.492. The molecule has 1 saturated carbocycles. The van der Waals surface area contributed by atoms with E-state index in [4.69, 9.17) is 4.42 Å². The summed E-state index contributed by atoms with van der Waals surface area (Å²) in [5, 5.41) is 4.23. The minimum Gasteiger partial charge on any atom is -0.390 e. The highest BCUT2D eigenvalue weighted by Crippen LogP contribution is 2.39. The highest BCUT2D eigenvalue weighted by molar-refractivity contribution is 5.68. The zero-order chi connectivity index (χ0) is 20.0. The van der Waals surface area contributed by atoms with Gasteiger partial charge < -0.3 is 8.98 Å². The summed E-state index contributed by atoms with van der Waals surface area (Å²) in [6, 6.07) is 8.54. The van der Waals surface area contributed by atoms with Crippen LogP contribution in [-0.4, -0.2) is 28.9 Å². The van der Waals surface area contributed by atoms with Gasteiger partial charge in [-0.3, -0.25) is 9.36 Å². The highest BCUT2D eigenvalue weighted by atomic mass is 16.4. The normalized spacial score (nSPS) is 14.0. The van der Waals surface area contributed by atoms with Crippen LogP contribution >= 0.6 is 0 Å². The summed E-state index contributed by atoms with van der Waals surface area (Å²) in [5.74, 6) is 0.370. The van der Waals surface area contributed by atoms with Gasteiger partial charge in [-0.15, -0.1) is 5.10 Å². The van der Waals surface area contributed by atoms with Gasteiger partial charge in [-0.05, 0) is 36.3 Å². The van der Waals surface area contributed by atoms with Crippen LogP contribution in [0.1, 0.15) is 35.8 Å². The Morgan fingerprint density at radius 2 is 1.86 bits per heavy atom. The average Bonchev–Trinajstić information content (AvgIpc) is 3.41. The van der Waals surface area contributed by atoms with Crippen LogP contribution < -0.4 is 11.3 Å². The third kappa shape index (κ3) is 3.39. The second-order valence-corrected chi connectivity index (χ2v) is 7.46. The van der Waals surface area contributed by atoms with Crippen molar-refractivity contribution in [3.8, 4) is 0 Å². The lowest BCUT2D eigenvalue weighted by Gasteiger charge is -2.03. The predicted molar refractivity (Wildman–Crippen MR) is 105 cm³/mol. The Hall–Kier alpha value is -3.49. The van der Waals surface area contributed by atoms with Gasteiger partial charge in [-0.25, -0.2) is 14.8 Å². The second-order valence-electron chi connectivity index (χ2n) is 7.46. The van der Waals surface area contributed by atoms with E-state index in [1.165, 1.54) is 40.3 Å². The second kappa shape index (κ2) is 6.84. The molecule has 1 aliphatic rings. The van der Waals surface area contributed by atoms with Crippen molar-refractivity contribution in [2.45, 2.75) is 38.3 Å². The summed E-state index contributed by atoms with van der Waals surface area (Å²) < 4.78 is 9.50. The van der Waals surface area contributed by atoms with Crippen LogP contribution in [0.3, 0.4) is 0 Å². The molecule has 1 aromatic carbocycles. The standard InChI is InChI=1S/C20H20N6O3/c1-24-11-21-18-17(24)19(27)25(12-22-18)10-16-23-26(20(28)29-16)9-8-13-2-4-14(5-3-13)15-6-7-15/h2-5,11-12,15H,6-10H2,1H3. The van der Waals surface area contributed by atoms with Gasteiger partial charge >= 0.3 is 5.76 Å². The number of imidazole rings is 1. The molecule has 0 spiro atoms. The van der Waals surface area contributed by atoms with Gasteiger partial charge in [0.25, 0.3) is 5.56 Å². The van der Waals surface area contributed by atoms with Crippen LogP contribution in [0, 0.1) is 0 Å². The fraction of sp³-hybridized carbons (Fsp3) is 0.350. The smallest absolute Gasteiger partial charge is 0.390 e. The first-order chi connectivity index (χ1) is 14.1. The Morgan fingerprint density at radius 1 is 1.10 bits per heavy atom. The van der Waals surface area contributed by atoms with E-state index in [0.717, 1.165) is 11.5 Å². The van der Waals surface area contributed by atoms with Gasteiger partial charge in [0.05, 0.1) is 12.9 Å². The lowest BCUT2D eigenvalue weighted by atomic mass is 10.1. The third-order valence-corrected chi connectivity index (χ3v) is 5.30. The Balaban J connectivity index is 1.31. The molecule has 1 fully saturated rings. The topological polar surface area (TPSA) is 101 Å². The van der Waals surface area contributed by atoms with Gasteiger partial charge in [0, 0.05) is 7.05 Å². The summed E-state index contributed by atoms with van der Waals surface area (Å²) in [6.45, 7) is 0.449. The number of hydrogen-bond donors (Lipinski definition) is 0. The van der Waals surface area contributed by atoms with Crippen LogP contribution in [0.25, 0.3) is 11.2 Å². The fourth-order valence-electron chi connectivity index (χ4n) is 3.49. The Morgan fingerprint density at radius 3 is 2.62 bits per heavy atom. The Bertz CT molecular complexity index is 1290. The molecule has 0 N–H and O–H groups in total. The minimum absolute atomic E-state index is 0.0330. The van der Waals surface area contributed by atoms with Gasteiger partial charge in [0.1, 0.15) is 12.9 Å². The van der Waals surface area contributed by atoms with Gasteiger partial charge in [0.15, 0.2) is 11.2 Å². The fourth-order valence-corrected chi connectivity index (χ4v) is 3.49. The van der Waals surface area contributed by atoms with Crippen LogP contribution in [0.5, 0.6) is 0 Å². The highest BCUT2D eigenvalue weighted by Gasteiger charge is 2.22. The lowest BCUT2D eigenvalue weighted by Crippen LogP contribution is -2.22. The summed E-state index contributed by atoms with van der Waals surface area (Å²) in [7, 11) is 1.73. The molecule has 3 aromatic heterocycles. The number of benzene rings is 1. The first-order valence-electron chi connectivity index (χ1n) is 9.60. The van der Waals surface area contributed by atoms with E-state index in [1.807, 2.05) is 0 Å². The van der Waals surface area contributed by atoms with Crippen molar-refractivity contribution in [2.75, 3.05) is 0 Å². The molecule has 0 saturated heterocycles. The zero-order valence-corrected chi connectivity index (χ0v) is 16.0. The van der Waals surface area contributed by atoms with Crippen LogP contribution in [0.4, 0.5) is 0 Å². The minimum atomic E-state index is -0.530. The molecule has 0 atom stereocenters.